The Labute approximate surface area is 94.7 Å². The van der Waals surface area contributed by atoms with Crippen LogP contribution in [0.2, 0.25) is 0 Å². The largest absolute Gasteiger partial charge is 0.451 e. The van der Waals surface area contributed by atoms with Crippen molar-refractivity contribution in [1.82, 2.24) is 0 Å². The first-order valence-corrected chi connectivity index (χ1v) is 5.19. The third-order valence-corrected chi connectivity index (χ3v) is 2.81. The van der Waals surface area contributed by atoms with E-state index in [2.05, 4.69) is 0 Å². The van der Waals surface area contributed by atoms with E-state index in [1.807, 2.05) is 0 Å². The van der Waals surface area contributed by atoms with Gasteiger partial charge in [0.1, 0.15) is 17.2 Å². The topological polar surface area (TPSA) is 60.4 Å². The lowest BCUT2D eigenvalue weighted by Crippen LogP contribution is -2.39. The molecule has 0 bridgehead atoms. The molecule has 88 valence electrons. The van der Waals surface area contributed by atoms with Crippen LogP contribution in [0, 0.1) is 5.92 Å². The van der Waals surface area contributed by atoms with Crippen LogP contribution in [0.1, 0.15) is 34.1 Å². The summed E-state index contributed by atoms with van der Waals surface area (Å²) in [6.45, 7) is 6.13. The van der Waals surface area contributed by atoms with Crippen molar-refractivity contribution >= 4 is 17.5 Å². The fraction of sp³-hybridized carbons (Fsp3) is 0.583. The molecular weight excluding hydrogens is 208 g/mol. The van der Waals surface area contributed by atoms with Crippen LogP contribution >= 0.6 is 0 Å². The number of hydrogen-bond donors (Lipinski definition) is 0. The molecule has 1 aliphatic rings. The predicted octanol–water partition coefficient (Wildman–Crippen LogP) is 1.43. The molecule has 0 fully saturated rings. The molecule has 0 spiro atoms. The lowest BCUT2D eigenvalue weighted by Gasteiger charge is -2.29. The third kappa shape index (κ3) is 2.38. The van der Waals surface area contributed by atoms with Gasteiger partial charge >= 0.3 is 5.97 Å². The SMILES string of the molecule is CC(=O)C[C@H](C(C)=O)[C@@]1(C)C=C(C)C(=O)O1. The molecule has 0 saturated carbocycles. The van der Waals surface area contributed by atoms with E-state index in [1.165, 1.54) is 13.8 Å². The van der Waals surface area contributed by atoms with Gasteiger partial charge in [-0.25, -0.2) is 4.79 Å². The zero-order valence-electron chi connectivity index (χ0n) is 9.99. The molecule has 0 N–H and O–H groups in total. The number of carbonyl (C=O) groups is 3. The van der Waals surface area contributed by atoms with Crippen LogP contribution in [-0.2, 0) is 19.1 Å². The molecule has 4 heteroatoms. The maximum Gasteiger partial charge on any atom is 0.334 e. The molecule has 4 nitrogen and oxygen atoms in total. The van der Waals surface area contributed by atoms with E-state index in [4.69, 9.17) is 4.74 Å². The Kier molecular flexibility index (Phi) is 3.31. The highest BCUT2D eigenvalue weighted by molar-refractivity contribution is 5.93. The summed E-state index contributed by atoms with van der Waals surface area (Å²) in [5, 5.41) is 0. The average Bonchev–Trinajstić information content (AvgIpc) is 2.37. The molecule has 2 atom stereocenters. The van der Waals surface area contributed by atoms with Gasteiger partial charge in [0.05, 0.1) is 5.92 Å². The molecule has 0 aliphatic carbocycles. The number of cyclic esters (lactones) is 1. The molecule has 1 rings (SSSR count). The van der Waals surface area contributed by atoms with Gasteiger partial charge in [-0.05, 0) is 33.8 Å². The summed E-state index contributed by atoms with van der Waals surface area (Å²) in [4.78, 5) is 33.9. The molecule has 16 heavy (non-hydrogen) atoms. The maximum atomic E-state index is 11.5. The van der Waals surface area contributed by atoms with E-state index in [0.717, 1.165) is 0 Å². The van der Waals surface area contributed by atoms with E-state index in [0.29, 0.717) is 5.57 Å². The molecule has 0 amide bonds. The van der Waals surface area contributed by atoms with Crippen LogP contribution < -0.4 is 0 Å². The highest BCUT2D eigenvalue weighted by atomic mass is 16.6. The number of hydrogen-bond acceptors (Lipinski definition) is 4. The quantitative estimate of drug-likeness (QED) is 0.678. The molecular formula is C12H16O4. The maximum absolute atomic E-state index is 11.5. The van der Waals surface area contributed by atoms with Crippen LogP contribution in [0.25, 0.3) is 0 Å². The van der Waals surface area contributed by atoms with E-state index in [1.54, 1.807) is 19.9 Å². The molecule has 0 saturated heterocycles. The second-order valence-corrected chi connectivity index (χ2v) is 4.47. The summed E-state index contributed by atoms with van der Waals surface area (Å²) >= 11 is 0. The molecule has 0 radical (unpaired) electrons. The third-order valence-electron chi connectivity index (χ3n) is 2.81. The number of carbonyl (C=O) groups excluding carboxylic acids is 3. The number of ether oxygens (including phenoxy) is 1. The fourth-order valence-electron chi connectivity index (χ4n) is 2.01. The van der Waals surface area contributed by atoms with Crippen LogP contribution in [0.4, 0.5) is 0 Å². The second kappa shape index (κ2) is 4.20. The first kappa shape index (κ1) is 12.6. The van der Waals surface area contributed by atoms with E-state index in [-0.39, 0.29) is 18.0 Å². The van der Waals surface area contributed by atoms with Gasteiger partial charge in [0.25, 0.3) is 0 Å². The summed E-state index contributed by atoms with van der Waals surface area (Å²) in [7, 11) is 0. The first-order chi connectivity index (χ1) is 7.26. The van der Waals surface area contributed by atoms with E-state index < -0.39 is 17.5 Å². The van der Waals surface area contributed by atoms with Crippen molar-refractivity contribution in [2.75, 3.05) is 0 Å². The summed E-state index contributed by atoms with van der Waals surface area (Å²) in [5.74, 6) is -1.24. The van der Waals surface area contributed by atoms with Crippen molar-refractivity contribution in [1.29, 1.82) is 0 Å². The van der Waals surface area contributed by atoms with Crippen molar-refractivity contribution in [2.24, 2.45) is 5.92 Å². The van der Waals surface area contributed by atoms with E-state index >= 15 is 0 Å². The van der Waals surface area contributed by atoms with Crippen molar-refractivity contribution in [2.45, 2.75) is 39.7 Å². The number of esters is 1. The number of rotatable bonds is 4. The van der Waals surface area contributed by atoms with Crippen molar-refractivity contribution < 1.29 is 19.1 Å². The van der Waals surface area contributed by atoms with Crippen molar-refractivity contribution in [3.8, 4) is 0 Å². The Bertz CT molecular complexity index is 380. The van der Waals surface area contributed by atoms with Gasteiger partial charge in [-0.1, -0.05) is 0 Å². The molecule has 0 aromatic rings. The number of ketones is 2. The summed E-state index contributed by atoms with van der Waals surface area (Å²) in [6, 6.07) is 0. The van der Waals surface area contributed by atoms with Crippen LogP contribution in [0.3, 0.4) is 0 Å². The zero-order chi connectivity index (χ0) is 12.5. The standard InChI is InChI=1S/C12H16O4/c1-7-6-12(4,16-11(7)15)10(9(3)14)5-8(2)13/h6,10H,5H2,1-4H3/t10-,12-/m1/s1. The van der Waals surface area contributed by atoms with Gasteiger partial charge in [0, 0.05) is 12.0 Å². The second-order valence-electron chi connectivity index (χ2n) is 4.47. The predicted molar refractivity (Wildman–Crippen MR) is 57.7 cm³/mol. The minimum atomic E-state index is -0.974. The van der Waals surface area contributed by atoms with Gasteiger partial charge < -0.3 is 9.53 Å². The smallest absolute Gasteiger partial charge is 0.334 e. The monoisotopic (exact) mass is 224 g/mol. The average molecular weight is 224 g/mol. The highest BCUT2D eigenvalue weighted by Crippen LogP contribution is 2.34. The Hall–Kier alpha value is -1.45. The Morgan fingerprint density at radius 3 is 2.31 bits per heavy atom. The molecule has 1 aliphatic heterocycles. The van der Waals surface area contributed by atoms with Gasteiger partial charge in [-0.3, -0.25) is 4.79 Å². The summed E-state index contributed by atoms with van der Waals surface area (Å²) in [6.07, 6.45) is 1.73. The fourth-order valence-corrected chi connectivity index (χ4v) is 2.01. The summed E-state index contributed by atoms with van der Waals surface area (Å²) in [5.41, 5.74) is -0.490. The zero-order valence-corrected chi connectivity index (χ0v) is 9.99. The van der Waals surface area contributed by atoms with E-state index in [9.17, 15) is 14.4 Å². The van der Waals surface area contributed by atoms with Gasteiger partial charge in [-0.15, -0.1) is 0 Å². The Morgan fingerprint density at radius 1 is 1.44 bits per heavy atom. The van der Waals surface area contributed by atoms with Crippen molar-refractivity contribution in [3.63, 3.8) is 0 Å². The lowest BCUT2D eigenvalue weighted by molar-refractivity contribution is -0.153. The molecule has 1 heterocycles. The lowest BCUT2D eigenvalue weighted by atomic mass is 9.82. The molecule has 0 unspecified atom stereocenters. The Balaban J connectivity index is 3.00. The molecule has 0 aromatic carbocycles. The highest BCUT2D eigenvalue weighted by Gasteiger charge is 2.43. The normalized spacial score (nSPS) is 26.0. The minimum absolute atomic E-state index is 0.0876. The van der Waals surface area contributed by atoms with Gasteiger partial charge in [0.2, 0.25) is 0 Å². The number of Topliss-reactive ketones (excluding diaryl/α,β-unsaturated/α-hetero) is 2. The first-order valence-electron chi connectivity index (χ1n) is 5.19. The minimum Gasteiger partial charge on any atom is -0.451 e. The van der Waals surface area contributed by atoms with Crippen LogP contribution in [-0.4, -0.2) is 23.1 Å². The summed E-state index contributed by atoms with van der Waals surface area (Å²) < 4.78 is 5.18. The van der Waals surface area contributed by atoms with Crippen molar-refractivity contribution in [3.05, 3.63) is 11.6 Å². The van der Waals surface area contributed by atoms with Crippen LogP contribution in [0.15, 0.2) is 11.6 Å². The van der Waals surface area contributed by atoms with Crippen LogP contribution in [0.5, 0.6) is 0 Å². The molecule has 0 aromatic heterocycles. The van der Waals surface area contributed by atoms with Gasteiger partial charge in [-0.2, -0.15) is 0 Å². The Morgan fingerprint density at radius 2 is 2.00 bits per heavy atom. The van der Waals surface area contributed by atoms with Gasteiger partial charge in [0.15, 0.2) is 0 Å².